The number of carbonyl (C=O) groups is 1. The molecule has 0 aliphatic heterocycles. The van der Waals surface area contributed by atoms with Crippen LogP contribution in [0.25, 0.3) is 0 Å². The molecule has 5 heteroatoms. The monoisotopic (exact) mass is 170 g/mol. The lowest BCUT2D eigenvalue weighted by Gasteiger charge is -2.01. The maximum atomic E-state index is 10.3. The van der Waals surface area contributed by atoms with Gasteiger partial charge in [-0.15, -0.1) is 0 Å². The number of oxazole rings is 1. The number of nitrogen functional groups attached to an aromatic ring is 1. The molecule has 0 aliphatic carbocycles. The molecule has 1 rings (SSSR count). The predicted octanol–water partition coefficient (Wildman–Crippen LogP) is 0.835. The Labute approximate surface area is 69.2 Å². The summed E-state index contributed by atoms with van der Waals surface area (Å²) in [5, 5.41) is 8.46. The Morgan fingerprint density at radius 2 is 2.58 bits per heavy atom. The molecule has 5 nitrogen and oxygen atoms in total. The second-order valence-electron chi connectivity index (χ2n) is 2.60. The molecular weight excluding hydrogens is 160 g/mol. The summed E-state index contributed by atoms with van der Waals surface area (Å²) >= 11 is 0. The molecule has 0 spiro atoms. The molecule has 1 aromatic heterocycles. The zero-order valence-electron chi connectivity index (χ0n) is 6.65. The van der Waals surface area contributed by atoms with Gasteiger partial charge in [-0.25, -0.2) is 4.98 Å². The van der Waals surface area contributed by atoms with Crippen LogP contribution in [0.2, 0.25) is 0 Å². The molecule has 0 aliphatic rings. The summed E-state index contributed by atoms with van der Waals surface area (Å²) < 4.78 is 4.95. The van der Waals surface area contributed by atoms with Gasteiger partial charge in [-0.2, -0.15) is 0 Å². The number of carboxylic acid groups (broad SMARTS) is 1. The van der Waals surface area contributed by atoms with Crippen molar-refractivity contribution in [1.29, 1.82) is 0 Å². The molecule has 66 valence electrons. The van der Waals surface area contributed by atoms with Gasteiger partial charge in [0.05, 0.1) is 12.6 Å². The Bertz CT molecular complexity index is 282. The van der Waals surface area contributed by atoms with Crippen molar-refractivity contribution in [2.45, 2.75) is 19.3 Å². The summed E-state index contributed by atoms with van der Waals surface area (Å²) in [5.41, 5.74) is 5.22. The van der Waals surface area contributed by atoms with E-state index in [1.165, 1.54) is 6.20 Å². The summed E-state index contributed by atoms with van der Waals surface area (Å²) in [4.78, 5) is 14.0. The van der Waals surface area contributed by atoms with Gasteiger partial charge in [-0.1, -0.05) is 6.92 Å². The number of hydrogen-bond acceptors (Lipinski definition) is 4. The Kier molecular flexibility index (Phi) is 2.32. The molecule has 0 bridgehead atoms. The van der Waals surface area contributed by atoms with Crippen LogP contribution in [0.5, 0.6) is 0 Å². The maximum absolute atomic E-state index is 10.3. The minimum absolute atomic E-state index is 0.0225. The summed E-state index contributed by atoms with van der Waals surface area (Å²) in [7, 11) is 0. The highest BCUT2D eigenvalue weighted by Gasteiger charge is 2.13. The van der Waals surface area contributed by atoms with E-state index in [-0.39, 0.29) is 18.4 Å². The normalized spacial score (nSPS) is 12.8. The first kappa shape index (κ1) is 8.58. The summed E-state index contributed by atoms with van der Waals surface area (Å²) in [6.07, 6.45) is 1.47. The molecule has 0 fully saturated rings. The van der Waals surface area contributed by atoms with Crippen LogP contribution in [-0.4, -0.2) is 16.1 Å². The van der Waals surface area contributed by atoms with Gasteiger partial charge in [-0.05, 0) is 0 Å². The fraction of sp³-hybridized carbons (Fsp3) is 0.429. The molecule has 0 radical (unpaired) electrons. The van der Waals surface area contributed by atoms with E-state index in [9.17, 15) is 4.79 Å². The van der Waals surface area contributed by atoms with Crippen LogP contribution in [0, 0.1) is 0 Å². The third kappa shape index (κ3) is 1.98. The van der Waals surface area contributed by atoms with Gasteiger partial charge in [0.25, 0.3) is 6.01 Å². The predicted molar refractivity (Wildman–Crippen MR) is 41.6 cm³/mol. The second-order valence-corrected chi connectivity index (χ2v) is 2.60. The number of aromatic nitrogens is 1. The molecule has 3 N–H and O–H groups in total. The molecule has 0 amide bonds. The lowest BCUT2D eigenvalue weighted by molar-refractivity contribution is -0.137. The first-order valence-corrected chi connectivity index (χ1v) is 3.52. The minimum atomic E-state index is -0.863. The lowest BCUT2D eigenvalue weighted by Crippen LogP contribution is -2.01. The van der Waals surface area contributed by atoms with E-state index in [4.69, 9.17) is 15.3 Å². The summed E-state index contributed by atoms with van der Waals surface area (Å²) in [6.45, 7) is 1.74. The van der Waals surface area contributed by atoms with Crippen molar-refractivity contribution in [2.24, 2.45) is 0 Å². The topological polar surface area (TPSA) is 89.3 Å². The average Bonchev–Trinajstić information content (AvgIpc) is 2.34. The number of anilines is 1. The largest absolute Gasteiger partial charge is 0.481 e. The Morgan fingerprint density at radius 3 is 3.00 bits per heavy atom. The van der Waals surface area contributed by atoms with Crippen LogP contribution < -0.4 is 5.73 Å². The standard InChI is InChI=1S/C7H10N2O3/c1-4(2-6(10)11)5-3-9-7(8)12-5/h3-4H,2H2,1H3,(H2,8,9)(H,10,11). The minimum Gasteiger partial charge on any atom is -0.481 e. The van der Waals surface area contributed by atoms with Crippen molar-refractivity contribution >= 4 is 12.0 Å². The molecule has 1 aromatic rings. The van der Waals surface area contributed by atoms with E-state index in [2.05, 4.69) is 4.98 Å². The number of hydrogen-bond donors (Lipinski definition) is 2. The van der Waals surface area contributed by atoms with Crippen LogP contribution in [0.4, 0.5) is 6.01 Å². The van der Waals surface area contributed by atoms with Gasteiger partial charge in [0.2, 0.25) is 0 Å². The van der Waals surface area contributed by atoms with Crippen LogP contribution in [0.15, 0.2) is 10.6 Å². The third-order valence-electron chi connectivity index (χ3n) is 1.51. The van der Waals surface area contributed by atoms with E-state index in [0.29, 0.717) is 5.76 Å². The van der Waals surface area contributed by atoms with Crippen molar-refractivity contribution in [3.05, 3.63) is 12.0 Å². The molecule has 1 heterocycles. The van der Waals surface area contributed by atoms with Crippen molar-refractivity contribution in [3.63, 3.8) is 0 Å². The van der Waals surface area contributed by atoms with Gasteiger partial charge >= 0.3 is 5.97 Å². The molecule has 1 atom stereocenters. The Morgan fingerprint density at radius 1 is 1.92 bits per heavy atom. The number of nitrogens with zero attached hydrogens (tertiary/aromatic N) is 1. The molecule has 0 saturated carbocycles. The summed E-state index contributed by atoms with van der Waals surface area (Å²) in [5.74, 6) is -0.542. The van der Waals surface area contributed by atoms with Crippen molar-refractivity contribution in [1.82, 2.24) is 4.98 Å². The average molecular weight is 170 g/mol. The number of nitrogens with two attached hydrogens (primary N) is 1. The highest BCUT2D eigenvalue weighted by Crippen LogP contribution is 2.20. The second kappa shape index (κ2) is 3.25. The molecule has 0 aromatic carbocycles. The molecular formula is C7H10N2O3. The SMILES string of the molecule is CC(CC(=O)O)c1cnc(N)o1. The first-order chi connectivity index (χ1) is 5.59. The lowest BCUT2D eigenvalue weighted by atomic mass is 10.1. The van der Waals surface area contributed by atoms with Crippen molar-refractivity contribution in [2.75, 3.05) is 5.73 Å². The van der Waals surface area contributed by atoms with Gasteiger partial charge < -0.3 is 15.3 Å². The highest BCUT2D eigenvalue weighted by atomic mass is 16.4. The van der Waals surface area contributed by atoms with Crippen LogP contribution in [0.1, 0.15) is 25.0 Å². The molecule has 1 unspecified atom stereocenters. The maximum Gasteiger partial charge on any atom is 0.304 e. The fourth-order valence-corrected chi connectivity index (χ4v) is 0.891. The van der Waals surface area contributed by atoms with E-state index >= 15 is 0 Å². The zero-order chi connectivity index (χ0) is 9.14. The van der Waals surface area contributed by atoms with E-state index in [1.807, 2.05) is 0 Å². The Balaban J connectivity index is 2.64. The van der Waals surface area contributed by atoms with Crippen molar-refractivity contribution < 1.29 is 14.3 Å². The van der Waals surface area contributed by atoms with Gasteiger partial charge in [-0.3, -0.25) is 4.79 Å². The van der Waals surface area contributed by atoms with Crippen molar-refractivity contribution in [3.8, 4) is 0 Å². The third-order valence-corrected chi connectivity index (χ3v) is 1.51. The Hall–Kier alpha value is -1.52. The van der Waals surface area contributed by atoms with Crippen LogP contribution in [0.3, 0.4) is 0 Å². The smallest absolute Gasteiger partial charge is 0.304 e. The zero-order valence-corrected chi connectivity index (χ0v) is 6.65. The van der Waals surface area contributed by atoms with E-state index < -0.39 is 5.97 Å². The number of carboxylic acids is 1. The van der Waals surface area contributed by atoms with Crippen LogP contribution >= 0.6 is 0 Å². The molecule has 0 saturated heterocycles. The van der Waals surface area contributed by atoms with Gasteiger partial charge in [0, 0.05) is 5.92 Å². The van der Waals surface area contributed by atoms with E-state index in [0.717, 1.165) is 0 Å². The van der Waals surface area contributed by atoms with Crippen LogP contribution in [-0.2, 0) is 4.79 Å². The van der Waals surface area contributed by atoms with Gasteiger partial charge in [0.15, 0.2) is 0 Å². The fourth-order valence-electron chi connectivity index (χ4n) is 0.891. The van der Waals surface area contributed by atoms with Gasteiger partial charge in [0.1, 0.15) is 5.76 Å². The molecule has 12 heavy (non-hydrogen) atoms. The number of rotatable bonds is 3. The highest BCUT2D eigenvalue weighted by molar-refractivity contribution is 5.67. The summed E-state index contributed by atoms with van der Waals surface area (Å²) in [6, 6.07) is 0.0715. The number of aliphatic carboxylic acids is 1. The quantitative estimate of drug-likeness (QED) is 0.701. The van der Waals surface area contributed by atoms with E-state index in [1.54, 1.807) is 6.92 Å². The first-order valence-electron chi connectivity index (χ1n) is 3.52.